The van der Waals surface area contributed by atoms with E-state index in [4.69, 9.17) is 10.5 Å². The number of nitrogens with one attached hydrogen (secondary N) is 1. The van der Waals surface area contributed by atoms with Crippen LogP contribution in [0.1, 0.15) is 28.9 Å². The summed E-state index contributed by atoms with van der Waals surface area (Å²) in [5.74, 6) is 0.765. The van der Waals surface area contributed by atoms with Crippen LogP contribution in [0, 0.1) is 0 Å². The molecule has 0 aliphatic rings. The van der Waals surface area contributed by atoms with E-state index < -0.39 is 10.2 Å². The van der Waals surface area contributed by atoms with Crippen LogP contribution in [0.3, 0.4) is 0 Å². The van der Waals surface area contributed by atoms with Crippen LogP contribution in [0.5, 0.6) is 5.75 Å². The molecule has 0 fully saturated rings. The highest BCUT2D eigenvalue weighted by molar-refractivity contribution is 8.31. The van der Waals surface area contributed by atoms with E-state index in [1.165, 1.54) is 0 Å². The van der Waals surface area contributed by atoms with Crippen LogP contribution in [0.4, 0.5) is 5.82 Å². The Hall–Kier alpha value is -3.78. The lowest BCUT2D eigenvalue weighted by molar-refractivity contribution is 0.0983. The van der Waals surface area contributed by atoms with Gasteiger partial charge >= 0.3 is 0 Å². The SMILES string of the molecule is C[C@@H](Oc1cc(-c2cnn(C)c2)cnc1N)c1cccc(S(C)(C)NC(=O)c2ccccc2)c1. The summed E-state index contributed by atoms with van der Waals surface area (Å²) in [6.07, 6.45) is 9.27. The summed E-state index contributed by atoms with van der Waals surface area (Å²) in [6, 6.07) is 19.3. The molecular formula is C26H29N5O2S. The number of aromatic nitrogens is 3. The molecule has 8 heteroatoms. The summed E-state index contributed by atoms with van der Waals surface area (Å²) in [6.45, 7) is 1.97. The minimum atomic E-state index is -1.59. The lowest BCUT2D eigenvalue weighted by atomic mass is 10.1. The fourth-order valence-corrected chi connectivity index (χ4v) is 5.11. The number of nitrogens with zero attached hydrogens (tertiary/aromatic N) is 3. The highest BCUT2D eigenvalue weighted by Crippen LogP contribution is 2.46. The zero-order valence-electron chi connectivity index (χ0n) is 19.7. The number of amides is 1. The summed E-state index contributed by atoms with van der Waals surface area (Å²) in [4.78, 5) is 18.1. The zero-order chi connectivity index (χ0) is 24.3. The van der Waals surface area contributed by atoms with Crippen molar-refractivity contribution in [3.8, 4) is 16.9 Å². The van der Waals surface area contributed by atoms with Gasteiger partial charge in [-0.25, -0.2) is 4.98 Å². The van der Waals surface area contributed by atoms with Crippen molar-refractivity contribution >= 4 is 21.9 Å². The van der Waals surface area contributed by atoms with Crippen LogP contribution in [0.25, 0.3) is 11.1 Å². The maximum atomic E-state index is 12.7. The molecule has 1 amide bonds. The Balaban J connectivity index is 1.53. The number of nitrogens with two attached hydrogens (primary N) is 1. The molecule has 1 atom stereocenters. The van der Waals surface area contributed by atoms with Gasteiger partial charge in [-0.15, -0.1) is 10.2 Å². The smallest absolute Gasteiger partial charge is 0.260 e. The molecule has 0 aliphatic carbocycles. The van der Waals surface area contributed by atoms with Crippen LogP contribution in [0.2, 0.25) is 0 Å². The second kappa shape index (κ2) is 9.61. The summed E-state index contributed by atoms with van der Waals surface area (Å²) < 4.78 is 11.2. The number of rotatable bonds is 7. The number of carbonyl (C=O) groups excluding carboxylic acids is 1. The normalized spacial score (nSPS) is 12.7. The quantitative estimate of drug-likeness (QED) is 0.393. The minimum absolute atomic E-state index is 0.0821. The van der Waals surface area contributed by atoms with Crippen LogP contribution >= 0.6 is 10.2 Å². The van der Waals surface area contributed by atoms with Gasteiger partial charge in [0, 0.05) is 41.0 Å². The third-order valence-electron chi connectivity index (χ3n) is 5.52. The van der Waals surface area contributed by atoms with E-state index in [1.54, 1.807) is 17.1 Å². The van der Waals surface area contributed by atoms with Gasteiger partial charge in [0.25, 0.3) is 5.91 Å². The zero-order valence-corrected chi connectivity index (χ0v) is 20.5. The Morgan fingerprint density at radius 1 is 1.06 bits per heavy atom. The Labute approximate surface area is 201 Å². The minimum Gasteiger partial charge on any atom is -0.482 e. The first-order valence-corrected chi connectivity index (χ1v) is 13.3. The van der Waals surface area contributed by atoms with E-state index in [1.807, 2.05) is 74.8 Å². The number of nitrogen functional groups attached to an aromatic ring is 1. The van der Waals surface area contributed by atoms with Gasteiger partial charge in [-0.3, -0.25) is 9.48 Å². The van der Waals surface area contributed by atoms with Gasteiger partial charge in [0.1, 0.15) is 6.10 Å². The van der Waals surface area contributed by atoms with Crippen molar-refractivity contribution in [2.24, 2.45) is 7.05 Å². The van der Waals surface area contributed by atoms with Crippen molar-refractivity contribution in [3.05, 3.63) is 90.4 Å². The second-order valence-corrected chi connectivity index (χ2v) is 11.8. The predicted octanol–water partition coefficient (Wildman–Crippen LogP) is 4.97. The van der Waals surface area contributed by atoms with Crippen LogP contribution in [-0.4, -0.2) is 33.2 Å². The predicted molar refractivity (Wildman–Crippen MR) is 138 cm³/mol. The highest BCUT2D eigenvalue weighted by atomic mass is 32.3. The van der Waals surface area contributed by atoms with Gasteiger partial charge in [-0.1, -0.05) is 30.3 Å². The highest BCUT2D eigenvalue weighted by Gasteiger charge is 2.20. The lowest BCUT2D eigenvalue weighted by Crippen LogP contribution is -2.26. The molecule has 176 valence electrons. The van der Waals surface area contributed by atoms with Crippen molar-refractivity contribution in [1.29, 1.82) is 0 Å². The fraction of sp³-hybridized carbons (Fsp3) is 0.192. The van der Waals surface area contributed by atoms with E-state index in [9.17, 15) is 4.79 Å². The molecule has 0 saturated heterocycles. The Bertz CT molecular complexity index is 1300. The number of anilines is 1. The van der Waals surface area contributed by atoms with Crippen molar-refractivity contribution in [2.75, 3.05) is 18.2 Å². The van der Waals surface area contributed by atoms with E-state index in [-0.39, 0.29) is 12.0 Å². The van der Waals surface area contributed by atoms with Crippen molar-refractivity contribution in [2.45, 2.75) is 17.9 Å². The molecule has 2 heterocycles. The monoisotopic (exact) mass is 475 g/mol. The second-order valence-electron chi connectivity index (χ2n) is 8.47. The van der Waals surface area contributed by atoms with Crippen LogP contribution < -0.4 is 15.2 Å². The molecule has 34 heavy (non-hydrogen) atoms. The number of hydrogen-bond acceptors (Lipinski definition) is 5. The van der Waals surface area contributed by atoms with Crippen molar-refractivity contribution in [1.82, 2.24) is 19.5 Å². The average molecular weight is 476 g/mol. The molecule has 2 aromatic carbocycles. The van der Waals surface area contributed by atoms with Gasteiger partial charge in [0.2, 0.25) is 0 Å². The maximum absolute atomic E-state index is 12.7. The molecule has 3 N–H and O–H groups in total. The van der Waals surface area contributed by atoms with Gasteiger partial charge in [0.15, 0.2) is 11.6 Å². The van der Waals surface area contributed by atoms with Crippen molar-refractivity contribution < 1.29 is 9.53 Å². The standard InChI is InChI=1S/C26H29N5O2S/c1-18(33-24-14-21(15-28-25(24)27)22-16-29-31(2)17-22)20-11-8-12-23(13-20)34(3,4)30-26(32)19-9-6-5-7-10-19/h5-18H,1-4H3,(H2,27,28)(H,30,32)/t18-/m1/s1. The van der Waals surface area contributed by atoms with Crippen LogP contribution in [-0.2, 0) is 7.05 Å². The molecule has 4 aromatic rings. The molecule has 0 saturated carbocycles. The number of benzene rings is 2. The third kappa shape index (κ3) is 5.23. The molecule has 2 aromatic heterocycles. The molecule has 0 spiro atoms. The van der Waals surface area contributed by atoms with Crippen molar-refractivity contribution in [3.63, 3.8) is 0 Å². The van der Waals surface area contributed by atoms with Gasteiger partial charge in [-0.2, -0.15) is 5.10 Å². The molecular weight excluding hydrogens is 446 g/mol. The van der Waals surface area contributed by atoms with E-state index >= 15 is 0 Å². The first-order valence-electron chi connectivity index (χ1n) is 10.8. The summed E-state index contributed by atoms with van der Waals surface area (Å²) in [5.41, 5.74) is 9.56. The molecule has 7 nitrogen and oxygen atoms in total. The topological polar surface area (TPSA) is 95.1 Å². The summed E-state index contributed by atoms with van der Waals surface area (Å²) >= 11 is 0. The average Bonchev–Trinajstić information content (AvgIpc) is 3.27. The molecule has 0 radical (unpaired) electrons. The third-order valence-corrected chi connectivity index (χ3v) is 7.65. The van der Waals surface area contributed by atoms with Gasteiger partial charge in [0.05, 0.1) is 6.20 Å². The molecule has 0 bridgehead atoms. The molecule has 4 rings (SSSR count). The Kier molecular flexibility index (Phi) is 6.61. The van der Waals surface area contributed by atoms with Gasteiger partial charge in [-0.05, 0) is 55.3 Å². The lowest BCUT2D eigenvalue weighted by Gasteiger charge is -2.33. The first-order chi connectivity index (χ1) is 16.2. The maximum Gasteiger partial charge on any atom is 0.260 e. The number of ether oxygens (including phenoxy) is 1. The molecule has 0 unspecified atom stereocenters. The molecule has 0 aliphatic heterocycles. The number of aryl methyl sites for hydroxylation is 1. The largest absolute Gasteiger partial charge is 0.482 e. The Morgan fingerprint density at radius 3 is 2.53 bits per heavy atom. The summed E-state index contributed by atoms with van der Waals surface area (Å²) in [7, 11) is 0.281. The number of pyridine rings is 1. The number of hydrogen-bond donors (Lipinski definition) is 2. The fourth-order valence-electron chi connectivity index (χ4n) is 3.56. The Morgan fingerprint density at radius 2 is 1.82 bits per heavy atom. The van der Waals surface area contributed by atoms with Crippen LogP contribution in [0.15, 0.2) is 84.1 Å². The number of carbonyl (C=O) groups is 1. The van der Waals surface area contributed by atoms with E-state index in [0.29, 0.717) is 17.1 Å². The van der Waals surface area contributed by atoms with E-state index in [2.05, 4.69) is 33.4 Å². The van der Waals surface area contributed by atoms with E-state index in [0.717, 1.165) is 21.6 Å². The first kappa shape index (κ1) is 23.4. The summed E-state index contributed by atoms with van der Waals surface area (Å²) in [5, 5.41) is 4.22. The van der Waals surface area contributed by atoms with Gasteiger partial charge < -0.3 is 15.2 Å².